The Bertz CT molecular complexity index is 713. The van der Waals surface area contributed by atoms with Crippen LogP contribution in [-0.4, -0.2) is 28.2 Å². The fourth-order valence-corrected chi connectivity index (χ4v) is 7.47. The molecule has 4 aliphatic rings. The summed E-state index contributed by atoms with van der Waals surface area (Å²) in [5.41, 5.74) is 0.277. The van der Waals surface area contributed by atoms with Gasteiger partial charge >= 0.3 is 0 Å². The van der Waals surface area contributed by atoms with E-state index < -0.39 is 5.60 Å². The Hall–Kier alpha value is -1.11. The lowest BCUT2D eigenvalue weighted by Gasteiger charge is -2.60. The number of hydrogen-bond acceptors (Lipinski definition) is 3. The average Bonchev–Trinajstić information content (AvgIpc) is 2.86. The summed E-state index contributed by atoms with van der Waals surface area (Å²) in [6.45, 7) is 6.61. The Labute approximate surface area is 157 Å². The van der Waals surface area contributed by atoms with E-state index in [1.807, 2.05) is 6.08 Å². The van der Waals surface area contributed by atoms with E-state index >= 15 is 0 Å². The van der Waals surface area contributed by atoms with Crippen molar-refractivity contribution in [2.24, 2.45) is 34.5 Å². The highest BCUT2D eigenvalue weighted by molar-refractivity contribution is 5.91. The predicted octanol–water partition coefficient (Wildman–Crippen LogP) is 3.49. The quantitative estimate of drug-likeness (QED) is 0.653. The molecular weight excluding hydrogens is 324 g/mol. The standard InChI is InChI=1S/C23H32O3/c1-15-13-17(25)14-16-5-6-18-19-8-11-23(26,9-4-12-24)21(19,2)10-7-20(18)22(15,16)3/h13,16,18-20,24,26H,5-8,10-12,14H2,1-3H3/t16?,18-,19-,20+,21-,22-,23?/m0/s1. The highest BCUT2D eigenvalue weighted by Crippen LogP contribution is 2.68. The fraction of sp³-hybridized carbons (Fsp3) is 0.783. The Morgan fingerprint density at radius 1 is 1.15 bits per heavy atom. The summed E-state index contributed by atoms with van der Waals surface area (Å²) >= 11 is 0. The van der Waals surface area contributed by atoms with E-state index in [9.17, 15) is 9.90 Å². The molecule has 0 spiro atoms. The number of aliphatic hydroxyl groups is 2. The fourth-order valence-electron chi connectivity index (χ4n) is 7.47. The van der Waals surface area contributed by atoms with Crippen LogP contribution in [0.1, 0.15) is 65.7 Å². The molecule has 0 heterocycles. The van der Waals surface area contributed by atoms with Gasteiger partial charge in [0.25, 0.3) is 0 Å². The van der Waals surface area contributed by atoms with Crippen molar-refractivity contribution in [1.29, 1.82) is 0 Å². The molecule has 3 saturated carbocycles. The van der Waals surface area contributed by atoms with Crippen LogP contribution in [0.15, 0.2) is 11.6 Å². The van der Waals surface area contributed by atoms with Gasteiger partial charge in [0, 0.05) is 11.8 Å². The first-order chi connectivity index (χ1) is 12.3. The molecule has 4 rings (SSSR count). The molecule has 2 N–H and O–H groups in total. The van der Waals surface area contributed by atoms with Crippen LogP contribution >= 0.6 is 0 Å². The Kier molecular flexibility index (Phi) is 4.18. The van der Waals surface area contributed by atoms with Gasteiger partial charge in [-0.15, -0.1) is 0 Å². The van der Waals surface area contributed by atoms with Crippen molar-refractivity contribution in [2.45, 2.75) is 71.3 Å². The second-order valence-corrected chi connectivity index (χ2v) is 9.75. The Balaban J connectivity index is 1.69. The van der Waals surface area contributed by atoms with Crippen LogP contribution in [-0.2, 0) is 4.79 Å². The number of hydrogen-bond donors (Lipinski definition) is 2. The second kappa shape index (κ2) is 5.94. The summed E-state index contributed by atoms with van der Waals surface area (Å²) in [6.07, 6.45) is 8.76. The molecule has 0 aliphatic heterocycles. The first kappa shape index (κ1) is 18.3. The lowest BCUT2D eigenvalue weighted by molar-refractivity contribution is -0.130. The number of fused-ring (bicyclic) bond motifs is 5. The number of rotatable bonds is 0. The molecule has 4 aliphatic carbocycles. The molecule has 0 saturated heterocycles. The molecule has 0 aromatic rings. The molecule has 0 aromatic carbocycles. The predicted molar refractivity (Wildman–Crippen MR) is 101 cm³/mol. The van der Waals surface area contributed by atoms with Crippen LogP contribution in [0.4, 0.5) is 0 Å². The molecule has 3 nitrogen and oxygen atoms in total. The first-order valence-electron chi connectivity index (χ1n) is 10.3. The molecular formula is C23H32O3. The van der Waals surface area contributed by atoms with Crippen molar-refractivity contribution in [3.63, 3.8) is 0 Å². The van der Waals surface area contributed by atoms with E-state index in [-0.39, 0.29) is 17.4 Å². The lowest BCUT2D eigenvalue weighted by atomic mass is 9.44. The SMILES string of the molecule is CC1=CC(=O)CC2CC[C@@H]3[C@@H](CC[C@@]4(C)[C@H]3CCC4(O)C#CCO)[C@@]12C. The van der Waals surface area contributed by atoms with Crippen LogP contribution in [0.2, 0.25) is 0 Å². The zero-order valence-corrected chi connectivity index (χ0v) is 16.3. The van der Waals surface area contributed by atoms with E-state index in [0.717, 1.165) is 32.1 Å². The number of aliphatic hydroxyl groups excluding tert-OH is 1. The highest BCUT2D eigenvalue weighted by Gasteiger charge is 2.64. The monoisotopic (exact) mass is 356 g/mol. The normalized spacial score (nSPS) is 50.0. The van der Waals surface area contributed by atoms with Gasteiger partial charge in [0.2, 0.25) is 0 Å². The van der Waals surface area contributed by atoms with Gasteiger partial charge in [0.05, 0.1) is 0 Å². The van der Waals surface area contributed by atoms with Gasteiger partial charge in [-0.05, 0) is 80.6 Å². The first-order valence-corrected chi connectivity index (χ1v) is 10.3. The van der Waals surface area contributed by atoms with Crippen molar-refractivity contribution in [3.05, 3.63) is 11.6 Å². The van der Waals surface area contributed by atoms with Crippen molar-refractivity contribution >= 4 is 5.78 Å². The molecule has 2 unspecified atom stereocenters. The van der Waals surface area contributed by atoms with Crippen LogP contribution in [0.3, 0.4) is 0 Å². The zero-order valence-electron chi connectivity index (χ0n) is 16.3. The minimum Gasteiger partial charge on any atom is -0.384 e. The minimum absolute atomic E-state index is 0.135. The molecule has 7 atom stereocenters. The number of allylic oxidation sites excluding steroid dienone is 2. The Morgan fingerprint density at radius 3 is 2.62 bits per heavy atom. The zero-order chi connectivity index (χ0) is 18.7. The van der Waals surface area contributed by atoms with E-state index in [4.69, 9.17) is 5.11 Å². The number of carbonyl (C=O) groups is 1. The van der Waals surface area contributed by atoms with E-state index in [2.05, 4.69) is 32.6 Å². The summed E-state index contributed by atoms with van der Waals surface area (Å²) in [6, 6.07) is 0. The molecule has 3 fully saturated rings. The number of carbonyl (C=O) groups excluding carboxylic acids is 1. The lowest BCUT2D eigenvalue weighted by Crippen LogP contribution is -2.56. The highest BCUT2D eigenvalue weighted by atomic mass is 16.3. The van der Waals surface area contributed by atoms with E-state index in [1.54, 1.807) is 0 Å². The maximum absolute atomic E-state index is 12.1. The summed E-state index contributed by atoms with van der Waals surface area (Å²) < 4.78 is 0. The third kappa shape index (κ3) is 2.25. The Morgan fingerprint density at radius 2 is 1.88 bits per heavy atom. The smallest absolute Gasteiger partial charge is 0.155 e. The second-order valence-electron chi connectivity index (χ2n) is 9.75. The van der Waals surface area contributed by atoms with Crippen molar-refractivity contribution in [1.82, 2.24) is 0 Å². The molecule has 142 valence electrons. The summed E-state index contributed by atoms with van der Waals surface area (Å²) in [5.74, 6) is 8.25. The maximum Gasteiger partial charge on any atom is 0.155 e. The van der Waals surface area contributed by atoms with Crippen molar-refractivity contribution in [2.75, 3.05) is 6.61 Å². The van der Waals surface area contributed by atoms with Crippen molar-refractivity contribution < 1.29 is 15.0 Å². The summed E-state index contributed by atoms with van der Waals surface area (Å²) in [4.78, 5) is 12.1. The van der Waals surface area contributed by atoms with Crippen molar-refractivity contribution in [3.8, 4) is 11.8 Å². The third-order valence-corrected chi connectivity index (χ3v) is 9.10. The minimum atomic E-state index is -0.962. The summed E-state index contributed by atoms with van der Waals surface area (Å²) in [5, 5.41) is 20.4. The maximum atomic E-state index is 12.1. The molecule has 0 radical (unpaired) electrons. The van der Waals surface area contributed by atoms with Gasteiger partial charge in [0.15, 0.2) is 5.78 Å². The van der Waals surface area contributed by atoms with Gasteiger partial charge in [-0.2, -0.15) is 0 Å². The van der Waals surface area contributed by atoms with Gasteiger partial charge < -0.3 is 10.2 Å². The van der Waals surface area contributed by atoms with Crippen LogP contribution in [0.25, 0.3) is 0 Å². The van der Waals surface area contributed by atoms with Gasteiger partial charge in [-0.1, -0.05) is 31.3 Å². The summed E-state index contributed by atoms with van der Waals surface area (Å²) in [7, 11) is 0. The average molecular weight is 357 g/mol. The molecule has 3 heteroatoms. The van der Waals surface area contributed by atoms with E-state index in [0.29, 0.717) is 35.9 Å². The largest absolute Gasteiger partial charge is 0.384 e. The number of ketones is 1. The van der Waals surface area contributed by atoms with Gasteiger partial charge in [0.1, 0.15) is 12.2 Å². The van der Waals surface area contributed by atoms with Crippen LogP contribution < -0.4 is 0 Å². The van der Waals surface area contributed by atoms with E-state index in [1.165, 1.54) is 12.0 Å². The topological polar surface area (TPSA) is 57.5 Å². The molecule has 0 aromatic heterocycles. The molecule has 26 heavy (non-hydrogen) atoms. The molecule has 0 amide bonds. The van der Waals surface area contributed by atoms with Gasteiger partial charge in [-0.25, -0.2) is 0 Å². The van der Waals surface area contributed by atoms with Gasteiger partial charge in [-0.3, -0.25) is 4.79 Å². The van der Waals surface area contributed by atoms with Crippen LogP contribution in [0.5, 0.6) is 0 Å². The molecule has 0 bridgehead atoms. The third-order valence-electron chi connectivity index (χ3n) is 9.10. The van der Waals surface area contributed by atoms with Crippen LogP contribution in [0, 0.1) is 46.3 Å².